The monoisotopic (exact) mass is 260 g/mol. The number of ether oxygens (including phenoxy) is 1. The van der Waals surface area contributed by atoms with E-state index in [1.807, 2.05) is 18.2 Å². The molecular formula is C15H20N2O2. The maximum absolute atomic E-state index is 9.09. The maximum Gasteiger partial charge on any atom is 0.137 e. The van der Waals surface area contributed by atoms with Crippen LogP contribution in [0.2, 0.25) is 0 Å². The van der Waals surface area contributed by atoms with Gasteiger partial charge in [0.2, 0.25) is 0 Å². The first-order chi connectivity index (χ1) is 9.33. The van der Waals surface area contributed by atoms with Crippen LogP contribution in [0.3, 0.4) is 0 Å². The number of rotatable bonds is 5. The number of piperidine rings is 1. The normalized spacial score (nSPS) is 17.1. The highest BCUT2D eigenvalue weighted by atomic mass is 16.5. The van der Waals surface area contributed by atoms with Gasteiger partial charge in [0, 0.05) is 13.2 Å². The Morgan fingerprint density at radius 1 is 1.32 bits per heavy atom. The fraction of sp³-hybridized carbons (Fsp3) is 0.533. The molecular weight excluding hydrogens is 240 g/mol. The van der Waals surface area contributed by atoms with Gasteiger partial charge >= 0.3 is 0 Å². The van der Waals surface area contributed by atoms with E-state index >= 15 is 0 Å². The third-order valence-corrected chi connectivity index (χ3v) is 3.64. The van der Waals surface area contributed by atoms with Gasteiger partial charge in [-0.05, 0) is 44.0 Å². The Morgan fingerprint density at radius 3 is 2.74 bits per heavy atom. The Labute approximate surface area is 114 Å². The Balaban J connectivity index is 1.74. The zero-order valence-electron chi connectivity index (χ0n) is 11.1. The quantitative estimate of drug-likeness (QED) is 0.874. The molecule has 4 nitrogen and oxygen atoms in total. The molecule has 1 aliphatic heterocycles. The predicted octanol–water partition coefficient (Wildman–Crippen LogP) is 1.64. The molecule has 0 unspecified atom stereocenters. The highest BCUT2D eigenvalue weighted by Crippen LogP contribution is 2.18. The lowest BCUT2D eigenvalue weighted by Gasteiger charge is -2.30. The van der Waals surface area contributed by atoms with Crippen molar-refractivity contribution in [2.45, 2.75) is 12.8 Å². The first-order valence-electron chi connectivity index (χ1n) is 6.78. The minimum absolute atomic E-state index is 0.305. The van der Waals surface area contributed by atoms with E-state index < -0.39 is 0 Å². The molecule has 0 bridgehead atoms. The lowest BCUT2D eigenvalue weighted by Crippen LogP contribution is -2.37. The Bertz CT molecular complexity index is 434. The standard InChI is InChI=1S/C15H20N2O2/c16-11-14-3-1-2-4-15(14)19-10-9-17-7-5-13(12-18)6-8-17/h1-4,13,18H,5-10,12H2. The van der Waals surface area contributed by atoms with Gasteiger partial charge in [0.25, 0.3) is 0 Å². The second-order valence-electron chi connectivity index (χ2n) is 4.92. The lowest BCUT2D eigenvalue weighted by atomic mass is 9.98. The average molecular weight is 260 g/mol. The Morgan fingerprint density at radius 2 is 2.05 bits per heavy atom. The van der Waals surface area contributed by atoms with E-state index in [4.69, 9.17) is 15.1 Å². The van der Waals surface area contributed by atoms with Crippen molar-refractivity contribution in [3.63, 3.8) is 0 Å². The van der Waals surface area contributed by atoms with Crippen molar-refractivity contribution in [2.24, 2.45) is 5.92 Å². The molecule has 1 fully saturated rings. The number of nitriles is 1. The number of hydrogen-bond acceptors (Lipinski definition) is 4. The Kier molecular flexibility index (Phi) is 5.20. The second kappa shape index (κ2) is 7.13. The summed E-state index contributed by atoms with van der Waals surface area (Å²) in [5, 5.41) is 18.0. The van der Waals surface area contributed by atoms with E-state index in [0.717, 1.165) is 32.5 Å². The van der Waals surface area contributed by atoms with E-state index in [2.05, 4.69) is 11.0 Å². The minimum atomic E-state index is 0.305. The van der Waals surface area contributed by atoms with Crippen molar-refractivity contribution in [3.05, 3.63) is 29.8 Å². The van der Waals surface area contributed by atoms with Crippen LogP contribution in [0.1, 0.15) is 18.4 Å². The van der Waals surface area contributed by atoms with Crippen molar-refractivity contribution in [3.8, 4) is 11.8 Å². The maximum atomic E-state index is 9.09. The van der Waals surface area contributed by atoms with Gasteiger partial charge in [-0.25, -0.2) is 0 Å². The van der Waals surface area contributed by atoms with Crippen molar-refractivity contribution in [2.75, 3.05) is 32.8 Å². The smallest absolute Gasteiger partial charge is 0.137 e. The molecule has 102 valence electrons. The molecule has 1 aliphatic rings. The number of benzene rings is 1. The van der Waals surface area contributed by atoms with Crippen LogP contribution in [-0.4, -0.2) is 42.9 Å². The first kappa shape index (κ1) is 13.9. The van der Waals surface area contributed by atoms with Gasteiger partial charge in [-0.3, -0.25) is 4.90 Å². The van der Waals surface area contributed by atoms with E-state index in [9.17, 15) is 0 Å². The van der Waals surface area contributed by atoms with Crippen LogP contribution in [-0.2, 0) is 0 Å². The van der Waals surface area contributed by atoms with Crippen molar-refractivity contribution in [1.29, 1.82) is 5.26 Å². The van der Waals surface area contributed by atoms with Gasteiger partial charge in [-0.1, -0.05) is 12.1 Å². The molecule has 2 rings (SSSR count). The van der Waals surface area contributed by atoms with Crippen LogP contribution >= 0.6 is 0 Å². The summed E-state index contributed by atoms with van der Waals surface area (Å²) < 4.78 is 5.67. The zero-order valence-corrected chi connectivity index (χ0v) is 11.1. The molecule has 0 atom stereocenters. The molecule has 1 saturated heterocycles. The molecule has 0 spiro atoms. The minimum Gasteiger partial charge on any atom is -0.491 e. The van der Waals surface area contributed by atoms with Gasteiger partial charge < -0.3 is 9.84 Å². The molecule has 1 N–H and O–H groups in total. The number of aliphatic hydroxyl groups excluding tert-OH is 1. The summed E-state index contributed by atoms with van der Waals surface area (Å²) >= 11 is 0. The predicted molar refractivity (Wildman–Crippen MR) is 72.9 cm³/mol. The molecule has 1 heterocycles. The summed E-state index contributed by atoms with van der Waals surface area (Å²) in [6, 6.07) is 9.44. The second-order valence-corrected chi connectivity index (χ2v) is 4.92. The fourth-order valence-electron chi connectivity index (χ4n) is 2.36. The highest BCUT2D eigenvalue weighted by Gasteiger charge is 2.18. The number of aliphatic hydroxyl groups is 1. The average Bonchev–Trinajstić information content (AvgIpc) is 2.48. The van der Waals surface area contributed by atoms with Gasteiger partial charge in [0.1, 0.15) is 18.4 Å². The molecule has 0 radical (unpaired) electrons. The van der Waals surface area contributed by atoms with Crippen LogP contribution in [0, 0.1) is 17.2 Å². The van der Waals surface area contributed by atoms with Gasteiger partial charge in [0.15, 0.2) is 0 Å². The summed E-state index contributed by atoms with van der Waals surface area (Å²) in [7, 11) is 0. The van der Waals surface area contributed by atoms with E-state index in [1.165, 1.54) is 0 Å². The summed E-state index contributed by atoms with van der Waals surface area (Å²) in [5.74, 6) is 1.13. The molecule has 1 aromatic carbocycles. The molecule has 0 aliphatic carbocycles. The van der Waals surface area contributed by atoms with Crippen molar-refractivity contribution < 1.29 is 9.84 Å². The van der Waals surface area contributed by atoms with Crippen molar-refractivity contribution >= 4 is 0 Å². The van der Waals surface area contributed by atoms with Gasteiger partial charge in [-0.15, -0.1) is 0 Å². The SMILES string of the molecule is N#Cc1ccccc1OCCN1CCC(CO)CC1. The molecule has 1 aromatic rings. The first-order valence-corrected chi connectivity index (χ1v) is 6.78. The molecule has 19 heavy (non-hydrogen) atoms. The number of hydrogen-bond donors (Lipinski definition) is 1. The lowest BCUT2D eigenvalue weighted by molar-refractivity contribution is 0.118. The number of nitrogens with zero attached hydrogens (tertiary/aromatic N) is 2. The summed E-state index contributed by atoms with van der Waals surface area (Å²) in [6.45, 7) is 3.82. The third kappa shape index (κ3) is 3.95. The van der Waals surface area contributed by atoms with Crippen LogP contribution in [0.15, 0.2) is 24.3 Å². The number of likely N-dealkylation sites (tertiary alicyclic amines) is 1. The summed E-state index contributed by atoms with van der Waals surface area (Å²) in [5.41, 5.74) is 0.585. The summed E-state index contributed by atoms with van der Waals surface area (Å²) in [6.07, 6.45) is 2.12. The highest BCUT2D eigenvalue weighted by molar-refractivity contribution is 5.42. The third-order valence-electron chi connectivity index (χ3n) is 3.64. The van der Waals surface area contributed by atoms with Crippen LogP contribution in [0.25, 0.3) is 0 Å². The van der Waals surface area contributed by atoms with Crippen LogP contribution in [0.4, 0.5) is 0 Å². The van der Waals surface area contributed by atoms with Crippen LogP contribution in [0.5, 0.6) is 5.75 Å². The molecule has 0 aromatic heterocycles. The number of para-hydroxylation sites is 1. The van der Waals surface area contributed by atoms with Gasteiger partial charge in [-0.2, -0.15) is 5.26 Å². The van der Waals surface area contributed by atoms with E-state index in [0.29, 0.717) is 30.4 Å². The van der Waals surface area contributed by atoms with E-state index in [-0.39, 0.29) is 0 Å². The molecule has 0 saturated carbocycles. The molecule has 4 heteroatoms. The zero-order chi connectivity index (χ0) is 13.5. The largest absolute Gasteiger partial charge is 0.491 e. The Hall–Kier alpha value is -1.57. The summed E-state index contributed by atoms with van der Waals surface area (Å²) in [4.78, 5) is 2.35. The topological polar surface area (TPSA) is 56.5 Å². The van der Waals surface area contributed by atoms with E-state index in [1.54, 1.807) is 6.07 Å². The van der Waals surface area contributed by atoms with Gasteiger partial charge in [0.05, 0.1) is 5.56 Å². The fourth-order valence-corrected chi connectivity index (χ4v) is 2.36. The van der Waals surface area contributed by atoms with Crippen molar-refractivity contribution in [1.82, 2.24) is 4.90 Å². The van der Waals surface area contributed by atoms with Crippen LogP contribution < -0.4 is 4.74 Å². The molecule has 0 amide bonds.